The highest BCUT2D eigenvalue weighted by atomic mass is 19.1. The summed E-state index contributed by atoms with van der Waals surface area (Å²) in [4.78, 5) is 26.0. The maximum atomic E-state index is 15.2. The van der Waals surface area contributed by atoms with Crippen LogP contribution in [0.25, 0.3) is 10.9 Å². The number of halogens is 1. The molecule has 3 aromatic rings. The number of nitrogens with two attached hydrogens (primary N) is 1. The van der Waals surface area contributed by atoms with Crippen LogP contribution in [0.3, 0.4) is 0 Å². The third-order valence-electron chi connectivity index (χ3n) is 5.57. The van der Waals surface area contributed by atoms with Gasteiger partial charge >= 0.3 is 5.97 Å². The number of benzene rings is 1. The van der Waals surface area contributed by atoms with Gasteiger partial charge in [0.25, 0.3) is 0 Å². The van der Waals surface area contributed by atoms with Crippen LogP contribution in [0.4, 0.5) is 15.9 Å². The maximum absolute atomic E-state index is 15.2. The molecule has 9 nitrogen and oxygen atoms in total. The number of carboxylic acid groups (broad SMARTS) is 1. The molecule has 0 spiro atoms. The van der Waals surface area contributed by atoms with Gasteiger partial charge in [0.1, 0.15) is 11.3 Å². The Morgan fingerprint density at radius 1 is 1.41 bits per heavy atom. The van der Waals surface area contributed by atoms with Gasteiger partial charge in [0.05, 0.1) is 30.3 Å². The minimum Gasteiger partial charge on any atom is -0.492 e. The van der Waals surface area contributed by atoms with Crippen LogP contribution in [0.15, 0.2) is 17.1 Å². The maximum Gasteiger partial charge on any atom is 0.341 e. The predicted molar refractivity (Wildman–Crippen MR) is 103 cm³/mol. The molecule has 3 heterocycles. The van der Waals surface area contributed by atoms with E-state index in [1.807, 2.05) is 0 Å². The number of pyridine rings is 1. The SMILES string of the molecule is COc1c(N2Cc3[nH]nc(N)c3C2)c(F)cc2c(=O)c(C(=O)O)cn(C3CC3)c12. The van der Waals surface area contributed by atoms with Crippen molar-refractivity contribution in [2.24, 2.45) is 0 Å². The number of ether oxygens (including phenoxy) is 1. The van der Waals surface area contributed by atoms with Crippen LogP contribution in [0, 0.1) is 5.82 Å². The van der Waals surface area contributed by atoms with Crippen LogP contribution in [0.2, 0.25) is 0 Å². The third kappa shape index (κ3) is 2.48. The van der Waals surface area contributed by atoms with Crippen molar-refractivity contribution in [2.45, 2.75) is 32.0 Å². The van der Waals surface area contributed by atoms with E-state index in [0.717, 1.165) is 30.2 Å². The molecule has 0 amide bonds. The number of aromatic amines is 1. The van der Waals surface area contributed by atoms with E-state index in [9.17, 15) is 14.7 Å². The number of rotatable bonds is 4. The lowest BCUT2D eigenvalue weighted by Gasteiger charge is -2.24. The number of fused-ring (bicyclic) bond motifs is 2. The Labute approximate surface area is 163 Å². The summed E-state index contributed by atoms with van der Waals surface area (Å²) < 4.78 is 22.6. The van der Waals surface area contributed by atoms with Crippen molar-refractivity contribution < 1.29 is 19.0 Å². The van der Waals surface area contributed by atoms with E-state index in [0.29, 0.717) is 24.4 Å². The smallest absolute Gasteiger partial charge is 0.341 e. The molecule has 2 aromatic heterocycles. The number of anilines is 2. The lowest BCUT2D eigenvalue weighted by molar-refractivity contribution is 0.0695. The Hall–Kier alpha value is -3.56. The first-order chi connectivity index (χ1) is 13.9. The van der Waals surface area contributed by atoms with Crippen molar-refractivity contribution in [3.05, 3.63) is 45.1 Å². The average molecular weight is 399 g/mol. The molecule has 5 rings (SSSR count). The van der Waals surface area contributed by atoms with Gasteiger partial charge in [0.2, 0.25) is 5.43 Å². The van der Waals surface area contributed by atoms with Gasteiger partial charge in [0, 0.05) is 24.3 Å². The molecule has 0 bridgehead atoms. The Bertz CT molecular complexity index is 1240. The van der Waals surface area contributed by atoms with E-state index >= 15 is 4.39 Å². The number of aromatic carboxylic acids is 1. The van der Waals surface area contributed by atoms with Crippen molar-refractivity contribution in [3.8, 4) is 5.75 Å². The fraction of sp³-hybridized carbons (Fsp3) is 0.316. The number of hydrogen-bond donors (Lipinski definition) is 3. The van der Waals surface area contributed by atoms with Crippen molar-refractivity contribution in [1.82, 2.24) is 14.8 Å². The molecule has 150 valence electrons. The first kappa shape index (κ1) is 17.5. The van der Waals surface area contributed by atoms with Crippen molar-refractivity contribution in [2.75, 3.05) is 17.7 Å². The van der Waals surface area contributed by atoms with Crippen molar-refractivity contribution >= 4 is 28.4 Å². The van der Waals surface area contributed by atoms with Gasteiger partial charge in [-0.1, -0.05) is 0 Å². The number of carbonyl (C=O) groups is 1. The summed E-state index contributed by atoms with van der Waals surface area (Å²) in [6, 6.07) is 1.16. The number of nitrogens with one attached hydrogen (secondary N) is 1. The van der Waals surface area contributed by atoms with Crippen LogP contribution in [0.5, 0.6) is 5.75 Å². The van der Waals surface area contributed by atoms with Gasteiger partial charge in [-0.2, -0.15) is 5.10 Å². The minimum atomic E-state index is -1.34. The summed E-state index contributed by atoms with van der Waals surface area (Å²) in [5.74, 6) is -1.43. The molecule has 1 fully saturated rings. The van der Waals surface area contributed by atoms with E-state index in [1.54, 1.807) is 9.47 Å². The van der Waals surface area contributed by atoms with E-state index in [2.05, 4.69) is 10.2 Å². The molecule has 0 saturated heterocycles. The number of nitrogen functional groups attached to an aromatic ring is 1. The van der Waals surface area contributed by atoms with E-state index in [4.69, 9.17) is 10.5 Å². The first-order valence-electron chi connectivity index (χ1n) is 9.15. The van der Waals surface area contributed by atoms with E-state index in [1.165, 1.54) is 13.3 Å². The molecule has 0 radical (unpaired) electrons. The Balaban J connectivity index is 1.78. The predicted octanol–water partition coefficient (Wildman–Crippen LogP) is 2.01. The lowest BCUT2D eigenvalue weighted by atomic mass is 10.1. The second-order valence-corrected chi connectivity index (χ2v) is 7.37. The van der Waals surface area contributed by atoms with Gasteiger partial charge in [-0.15, -0.1) is 0 Å². The molecule has 1 aliphatic heterocycles. The summed E-state index contributed by atoms with van der Waals surface area (Å²) in [5, 5.41) is 16.2. The molecule has 10 heteroatoms. The molecular formula is C19H18FN5O4. The number of hydrogen-bond acceptors (Lipinski definition) is 6. The van der Waals surface area contributed by atoms with Gasteiger partial charge in [0.15, 0.2) is 17.4 Å². The topological polar surface area (TPSA) is 126 Å². The van der Waals surface area contributed by atoms with Crippen LogP contribution in [-0.2, 0) is 13.1 Å². The Morgan fingerprint density at radius 3 is 2.79 bits per heavy atom. The number of nitrogens with zero attached hydrogens (tertiary/aromatic N) is 3. The van der Waals surface area contributed by atoms with Gasteiger partial charge in [-0.25, -0.2) is 9.18 Å². The molecule has 1 saturated carbocycles. The molecule has 1 aromatic carbocycles. The van der Waals surface area contributed by atoms with Gasteiger partial charge in [-0.05, 0) is 18.9 Å². The molecule has 0 atom stereocenters. The highest BCUT2D eigenvalue weighted by Crippen LogP contribution is 2.45. The first-order valence-corrected chi connectivity index (χ1v) is 9.15. The number of H-pyrrole nitrogens is 1. The van der Waals surface area contributed by atoms with Crippen LogP contribution in [0.1, 0.15) is 40.5 Å². The fourth-order valence-electron chi connectivity index (χ4n) is 4.04. The highest BCUT2D eigenvalue weighted by molar-refractivity contribution is 5.97. The Kier molecular flexibility index (Phi) is 3.61. The molecule has 1 aliphatic carbocycles. The summed E-state index contributed by atoms with van der Waals surface area (Å²) in [6.45, 7) is 0.705. The van der Waals surface area contributed by atoms with E-state index < -0.39 is 17.2 Å². The highest BCUT2D eigenvalue weighted by Gasteiger charge is 2.33. The van der Waals surface area contributed by atoms with Gasteiger partial charge in [-0.3, -0.25) is 9.89 Å². The standard InChI is InChI=1S/C19H18FN5O4/c1-29-17-14-9(16(26)11(19(27)28)6-25(14)8-2-3-8)4-12(20)15(17)24-5-10-13(7-24)22-23-18(10)21/h4,6,8H,2-3,5,7H2,1H3,(H,27,28)(H3,21,22,23). The summed E-state index contributed by atoms with van der Waals surface area (Å²) in [5.41, 5.74) is 6.97. The normalized spacial score (nSPS) is 15.7. The van der Waals surface area contributed by atoms with Crippen LogP contribution < -0.4 is 20.8 Å². The molecule has 4 N–H and O–H groups in total. The molecule has 29 heavy (non-hydrogen) atoms. The largest absolute Gasteiger partial charge is 0.492 e. The number of methoxy groups -OCH3 is 1. The monoisotopic (exact) mass is 399 g/mol. The molecule has 0 unspecified atom stereocenters. The molecule has 2 aliphatic rings. The summed E-state index contributed by atoms with van der Waals surface area (Å²) in [7, 11) is 1.41. The van der Waals surface area contributed by atoms with E-state index in [-0.39, 0.29) is 28.4 Å². The number of carboxylic acids is 1. The third-order valence-corrected chi connectivity index (χ3v) is 5.57. The van der Waals surface area contributed by atoms with Crippen LogP contribution >= 0.6 is 0 Å². The van der Waals surface area contributed by atoms with Crippen molar-refractivity contribution in [1.29, 1.82) is 0 Å². The fourth-order valence-corrected chi connectivity index (χ4v) is 4.04. The van der Waals surface area contributed by atoms with Crippen molar-refractivity contribution in [3.63, 3.8) is 0 Å². The summed E-state index contributed by atoms with van der Waals surface area (Å²) in [6.07, 6.45) is 3.04. The zero-order chi connectivity index (χ0) is 20.4. The zero-order valence-corrected chi connectivity index (χ0v) is 15.5. The Morgan fingerprint density at radius 2 is 2.17 bits per heavy atom. The van der Waals surface area contributed by atoms with Crippen LogP contribution in [-0.4, -0.2) is 33.0 Å². The van der Waals surface area contributed by atoms with Gasteiger partial charge < -0.3 is 25.0 Å². The lowest BCUT2D eigenvalue weighted by Crippen LogP contribution is -2.22. The average Bonchev–Trinajstić information content (AvgIpc) is 3.35. The second kappa shape index (κ2) is 5.97. The number of aromatic nitrogens is 3. The minimum absolute atomic E-state index is 0.00574. The molecular weight excluding hydrogens is 381 g/mol. The zero-order valence-electron chi connectivity index (χ0n) is 15.5. The quantitative estimate of drug-likeness (QED) is 0.612. The second-order valence-electron chi connectivity index (χ2n) is 7.37. The summed E-state index contributed by atoms with van der Waals surface area (Å²) >= 11 is 0.